The molecule has 0 atom stereocenters. The van der Waals surface area contributed by atoms with Crippen molar-refractivity contribution in [1.82, 2.24) is 20.1 Å². The number of anilines is 1. The molecule has 0 radical (unpaired) electrons. The van der Waals surface area contributed by atoms with Gasteiger partial charge in [0.05, 0.1) is 0 Å². The Balaban J connectivity index is 1.42. The van der Waals surface area contributed by atoms with E-state index in [9.17, 15) is 13.6 Å². The molecule has 10 heteroatoms. The number of aromatic amines is 1. The van der Waals surface area contributed by atoms with Gasteiger partial charge in [0.25, 0.3) is 6.08 Å². The summed E-state index contributed by atoms with van der Waals surface area (Å²) in [6.07, 6.45) is -1.36. The number of rotatable bonds is 8. The van der Waals surface area contributed by atoms with Crippen LogP contribution in [0.3, 0.4) is 0 Å². The summed E-state index contributed by atoms with van der Waals surface area (Å²) in [4.78, 5) is 16.7. The minimum absolute atomic E-state index is 0.146. The highest BCUT2D eigenvalue weighted by Crippen LogP contribution is 2.30. The fraction of sp³-hybridized carbons (Fsp3) is 0.364. The van der Waals surface area contributed by atoms with Crippen molar-refractivity contribution in [1.29, 1.82) is 0 Å². The van der Waals surface area contributed by atoms with Crippen LogP contribution in [-0.4, -0.2) is 47.5 Å². The highest BCUT2D eigenvalue weighted by atomic mass is 32.1. The molecule has 1 aliphatic rings. The molecule has 4 N–H and O–H groups in total. The summed E-state index contributed by atoms with van der Waals surface area (Å²) in [5.74, 6) is 0.267. The number of nitrogens with one attached hydrogen (secondary N) is 2. The zero-order valence-corrected chi connectivity index (χ0v) is 18.4. The first-order valence-corrected chi connectivity index (χ1v) is 11.4. The quantitative estimate of drug-likeness (QED) is 0.481. The predicted molar refractivity (Wildman–Crippen MR) is 123 cm³/mol. The summed E-state index contributed by atoms with van der Waals surface area (Å²) in [6, 6.07) is 12.7. The van der Waals surface area contributed by atoms with E-state index in [0.29, 0.717) is 13.0 Å². The molecule has 0 saturated carbocycles. The normalized spacial score (nSPS) is 14.0. The molecule has 1 aromatic carbocycles. The zero-order chi connectivity index (χ0) is 22.5. The highest BCUT2D eigenvalue weighted by Gasteiger charge is 2.14. The SMILES string of the molecule is NCC(Cc1n[nH]c(=O)n1CCc1ccc(-c2ccc(N3CCNCC3)cc2)s1)=C(F)F. The van der Waals surface area contributed by atoms with Gasteiger partial charge in [0, 0.05) is 66.7 Å². The third kappa shape index (κ3) is 5.14. The van der Waals surface area contributed by atoms with Gasteiger partial charge in [0.1, 0.15) is 5.82 Å². The van der Waals surface area contributed by atoms with E-state index >= 15 is 0 Å². The third-order valence-electron chi connectivity index (χ3n) is 5.60. The van der Waals surface area contributed by atoms with Gasteiger partial charge in [-0.25, -0.2) is 9.89 Å². The fourth-order valence-electron chi connectivity index (χ4n) is 3.77. The maximum atomic E-state index is 12.9. The van der Waals surface area contributed by atoms with Gasteiger partial charge in [-0.15, -0.1) is 11.3 Å². The van der Waals surface area contributed by atoms with Gasteiger partial charge in [-0.1, -0.05) is 12.1 Å². The smallest absolute Gasteiger partial charge is 0.343 e. The van der Waals surface area contributed by atoms with Crippen molar-refractivity contribution < 1.29 is 8.78 Å². The molecule has 7 nitrogen and oxygen atoms in total. The first-order chi connectivity index (χ1) is 15.5. The molecule has 2 aromatic heterocycles. The number of nitrogens with two attached hydrogens (primary N) is 1. The topological polar surface area (TPSA) is 92.0 Å². The molecule has 1 aliphatic heterocycles. The van der Waals surface area contributed by atoms with E-state index in [0.717, 1.165) is 41.5 Å². The molecule has 0 unspecified atom stereocenters. The number of aromatic nitrogens is 3. The third-order valence-corrected chi connectivity index (χ3v) is 6.79. The second-order valence-corrected chi connectivity index (χ2v) is 8.81. The van der Waals surface area contributed by atoms with Gasteiger partial charge in [-0.2, -0.15) is 13.9 Å². The summed E-state index contributed by atoms with van der Waals surface area (Å²) < 4.78 is 27.3. The molecule has 0 amide bonds. The molecule has 32 heavy (non-hydrogen) atoms. The first kappa shape index (κ1) is 22.4. The fourth-order valence-corrected chi connectivity index (χ4v) is 4.77. The van der Waals surface area contributed by atoms with Crippen molar-refractivity contribution in [3.63, 3.8) is 0 Å². The molecule has 0 spiro atoms. The standard InChI is InChI=1S/C22H26F2N6OS/c23-21(24)16(14-25)13-20-27-28-22(31)30(20)10-7-18-5-6-19(32-18)15-1-3-17(4-2-15)29-11-8-26-9-12-29/h1-6,26H,7-14,25H2,(H,28,31). The summed E-state index contributed by atoms with van der Waals surface area (Å²) >= 11 is 1.67. The van der Waals surface area contributed by atoms with Gasteiger partial charge in [0.2, 0.25) is 0 Å². The van der Waals surface area contributed by atoms with Crippen molar-refractivity contribution in [3.8, 4) is 10.4 Å². The highest BCUT2D eigenvalue weighted by molar-refractivity contribution is 7.15. The Labute approximate surface area is 188 Å². The number of benzene rings is 1. The van der Waals surface area contributed by atoms with Crippen molar-refractivity contribution in [2.24, 2.45) is 5.73 Å². The molecule has 3 heterocycles. The Hall–Kier alpha value is -2.82. The van der Waals surface area contributed by atoms with Crippen LogP contribution in [0.1, 0.15) is 10.7 Å². The van der Waals surface area contributed by atoms with Crippen LogP contribution in [0.25, 0.3) is 10.4 Å². The first-order valence-electron chi connectivity index (χ1n) is 10.6. The number of piperazine rings is 1. The van der Waals surface area contributed by atoms with Gasteiger partial charge in [0.15, 0.2) is 0 Å². The van der Waals surface area contributed by atoms with E-state index in [1.54, 1.807) is 11.3 Å². The van der Waals surface area contributed by atoms with Crippen LogP contribution in [0.2, 0.25) is 0 Å². The zero-order valence-electron chi connectivity index (χ0n) is 17.6. The van der Waals surface area contributed by atoms with Gasteiger partial charge < -0.3 is 16.0 Å². The Kier molecular flexibility index (Phi) is 7.13. The molecule has 1 saturated heterocycles. The van der Waals surface area contributed by atoms with Crippen molar-refractivity contribution >= 4 is 17.0 Å². The van der Waals surface area contributed by atoms with E-state index in [1.165, 1.54) is 10.3 Å². The number of hydrogen-bond acceptors (Lipinski definition) is 6. The van der Waals surface area contributed by atoms with Crippen LogP contribution in [0.4, 0.5) is 14.5 Å². The number of halogens is 2. The Bertz CT molecular complexity index is 1120. The minimum atomic E-state index is -1.82. The Morgan fingerprint density at radius 3 is 2.56 bits per heavy atom. The summed E-state index contributed by atoms with van der Waals surface area (Å²) in [5, 5.41) is 9.61. The van der Waals surface area contributed by atoms with Crippen LogP contribution in [0.15, 0.2) is 52.8 Å². The number of hydrogen-bond donors (Lipinski definition) is 3. The largest absolute Gasteiger partial charge is 0.369 e. The molecule has 1 fully saturated rings. The summed E-state index contributed by atoms with van der Waals surface area (Å²) in [5.41, 5.74) is 7.15. The maximum Gasteiger partial charge on any atom is 0.343 e. The summed E-state index contributed by atoms with van der Waals surface area (Å²) in [6.45, 7) is 4.12. The lowest BCUT2D eigenvalue weighted by molar-refractivity contribution is 0.406. The molecule has 4 rings (SSSR count). The van der Waals surface area contributed by atoms with Gasteiger partial charge in [-0.3, -0.25) is 4.57 Å². The van der Waals surface area contributed by atoms with E-state index in [2.05, 4.69) is 50.7 Å². The van der Waals surface area contributed by atoms with E-state index in [-0.39, 0.29) is 24.4 Å². The van der Waals surface area contributed by atoms with Crippen molar-refractivity contribution in [2.45, 2.75) is 19.4 Å². The number of nitrogens with zero attached hydrogens (tertiary/aromatic N) is 3. The van der Waals surface area contributed by atoms with Crippen molar-refractivity contribution in [2.75, 3.05) is 37.6 Å². The maximum absolute atomic E-state index is 12.9. The van der Waals surface area contributed by atoms with Crippen LogP contribution in [-0.2, 0) is 19.4 Å². The monoisotopic (exact) mass is 460 g/mol. The molecular weight excluding hydrogens is 434 g/mol. The van der Waals surface area contributed by atoms with Gasteiger partial charge in [-0.05, 0) is 36.2 Å². The lowest BCUT2D eigenvalue weighted by Crippen LogP contribution is -2.43. The second kappa shape index (κ2) is 10.2. The molecule has 0 bridgehead atoms. The summed E-state index contributed by atoms with van der Waals surface area (Å²) in [7, 11) is 0. The molecule has 3 aromatic rings. The van der Waals surface area contributed by atoms with Crippen LogP contribution in [0.5, 0.6) is 0 Å². The number of aryl methyl sites for hydroxylation is 1. The lowest BCUT2D eigenvalue weighted by Gasteiger charge is -2.29. The minimum Gasteiger partial charge on any atom is -0.369 e. The Morgan fingerprint density at radius 2 is 1.88 bits per heavy atom. The van der Waals surface area contributed by atoms with Crippen LogP contribution < -0.4 is 21.6 Å². The molecular formula is C22H26F2N6OS. The molecule has 0 aliphatic carbocycles. The average molecular weight is 461 g/mol. The Morgan fingerprint density at radius 1 is 1.12 bits per heavy atom. The van der Waals surface area contributed by atoms with Crippen molar-refractivity contribution in [3.05, 3.63) is 69.2 Å². The average Bonchev–Trinajstić information content (AvgIpc) is 3.43. The van der Waals surface area contributed by atoms with E-state index in [1.807, 2.05) is 6.07 Å². The number of thiophene rings is 1. The van der Waals surface area contributed by atoms with Gasteiger partial charge >= 0.3 is 5.69 Å². The lowest BCUT2D eigenvalue weighted by atomic mass is 10.1. The van der Waals surface area contributed by atoms with E-state index < -0.39 is 11.8 Å². The van der Waals surface area contributed by atoms with Crippen LogP contribution >= 0.6 is 11.3 Å². The molecule has 170 valence electrons. The van der Waals surface area contributed by atoms with E-state index in [4.69, 9.17) is 5.73 Å². The van der Waals surface area contributed by atoms with Crippen LogP contribution in [0, 0.1) is 0 Å². The number of H-pyrrole nitrogens is 1. The second-order valence-electron chi connectivity index (χ2n) is 7.64. The predicted octanol–water partition coefficient (Wildman–Crippen LogP) is 2.60.